The first kappa shape index (κ1) is 37.5. The number of hydrogen-bond acceptors (Lipinski definition) is 11. The zero-order valence-electron chi connectivity index (χ0n) is 27.3. The summed E-state index contributed by atoms with van der Waals surface area (Å²) >= 11 is 0. The number of esters is 1. The Bertz CT molecular complexity index is 973. The molecule has 12 heteroatoms. The van der Waals surface area contributed by atoms with Crippen molar-refractivity contribution < 1.29 is 33.3 Å². The monoisotopic (exact) mass is 621 g/mol. The first-order valence-corrected chi connectivity index (χ1v) is 16.0. The molecule has 2 amide bonds. The van der Waals surface area contributed by atoms with Gasteiger partial charge in [-0.1, -0.05) is 6.07 Å². The molecule has 0 aliphatic carbocycles. The van der Waals surface area contributed by atoms with Crippen LogP contribution < -0.4 is 16.0 Å². The molecule has 0 spiro atoms. The number of carbonyl (C=O) groups is 3. The van der Waals surface area contributed by atoms with Gasteiger partial charge in [-0.3, -0.25) is 20.0 Å². The van der Waals surface area contributed by atoms with E-state index in [0.29, 0.717) is 12.6 Å². The highest BCUT2D eigenvalue weighted by atomic mass is 16.6. The fourth-order valence-corrected chi connectivity index (χ4v) is 4.78. The van der Waals surface area contributed by atoms with Crippen LogP contribution in [0.15, 0.2) is 18.5 Å². The molecule has 2 rings (SSSR count). The van der Waals surface area contributed by atoms with Crippen molar-refractivity contribution in [2.24, 2.45) is 0 Å². The van der Waals surface area contributed by atoms with E-state index in [1.54, 1.807) is 20.8 Å². The fourth-order valence-electron chi connectivity index (χ4n) is 4.78. The second-order valence-corrected chi connectivity index (χ2v) is 12.1. The van der Waals surface area contributed by atoms with Gasteiger partial charge in [-0.2, -0.15) is 0 Å². The summed E-state index contributed by atoms with van der Waals surface area (Å²) in [4.78, 5) is 41.8. The van der Waals surface area contributed by atoms with Crippen molar-refractivity contribution in [1.82, 2.24) is 25.8 Å². The predicted molar refractivity (Wildman–Crippen MR) is 168 cm³/mol. The number of ether oxygens (including phenoxy) is 4. The second kappa shape index (κ2) is 22.0. The molecular formula is C32H55N5O7. The van der Waals surface area contributed by atoms with E-state index in [2.05, 4.69) is 38.9 Å². The van der Waals surface area contributed by atoms with Crippen LogP contribution in [0.5, 0.6) is 0 Å². The van der Waals surface area contributed by atoms with E-state index in [9.17, 15) is 14.4 Å². The number of carbonyl (C=O) groups excluding carboxylic acids is 3. The Kier molecular flexibility index (Phi) is 18.7. The van der Waals surface area contributed by atoms with Gasteiger partial charge in [0.15, 0.2) is 0 Å². The van der Waals surface area contributed by atoms with E-state index in [-0.39, 0.29) is 32.8 Å². The average Bonchev–Trinajstić information content (AvgIpc) is 3.39. The highest BCUT2D eigenvalue weighted by molar-refractivity contribution is 5.91. The number of imide groups is 1. The first-order valence-electron chi connectivity index (χ1n) is 16.0. The molecular weight excluding hydrogens is 566 g/mol. The third-order valence-electron chi connectivity index (χ3n) is 6.96. The largest absolute Gasteiger partial charge is 0.462 e. The summed E-state index contributed by atoms with van der Waals surface area (Å²) in [6.45, 7) is 10.8. The SMILES string of the molecule is CN1CCC[C@H]1c1cncc(CCCNCCCCNCCCOCC(=O)OCCOCCC(=O)NC(=O)OC(C)(C)C)c1. The third-order valence-corrected chi connectivity index (χ3v) is 6.96. The van der Waals surface area contributed by atoms with Crippen LogP contribution in [-0.4, -0.2) is 106 Å². The standard InChI is InChI=1S/C32H55N5O7/c1-32(2,3)44-31(40)36-29(38)12-19-41-20-21-43-30(39)25-42-18-9-16-34-14-6-5-13-33-15-7-10-26-22-27(24-35-23-26)28-11-8-17-37(28)4/h22-24,28,33-34H,5-21,25H2,1-4H3,(H,36,38,40)/t28-/m0/s1. The quantitative estimate of drug-likeness (QED) is 0.130. The van der Waals surface area contributed by atoms with Crippen LogP contribution in [0, 0.1) is 0 Å². The molecule has 12 nitrogen and oxygen atoms in total. The third kappa shape index (κ3) is 18.2. The number of hydrogen-bond donors (Lipinski definition) is 3. The Morgan fingerprint density at radius 1 is 0.932 bits per heavy atom. The van der Waals surface area contributed by atoms with Crippen molar-refractivity contribution in [2.75, 3.05) is 72.8 Å². The summed E-state index contributed by atoms with van der Waals surface area (Å²) in [7, 11) is 2.20. The van der Waals surface area contributed by atoms with Crippen LogP contribution >= 0.6 is 0 Å². The lowest BCUT2D eigenvalue weighted by Crippen LogP contribution is -2.36. The summed E-state index contributed by atoms with van der Waals surface area (Å²) in [6, 6.07) is 2.87. The van der Waals surface area contributed by atoms with Gasteiger partial charge >= 0.3 is 12.1 Å². The number of pyridine rings is 1. The van der Waals surface area contributed by atoms with Crippen molar-refractivity contribution >= 4 is 18.0 Å². The van der Waals surface area contributed by atoms with Gasteiger partial charge in [0.2, 0.25) is 5.91 Å². The summed E-state index contributed by atoms with van der Waals surface area (Å²) in [5.41, 5.74) is 2.01. The maximum Gasteiger partial charge on any atom is 0.414 e. The van der Waals surface area contributed by atoms with Crippen LogP contribution in [0.25, 0.3) is 0 Å². The lowest BCUT2D eigenvalue weighted by atomic mass is 10.0. The normalized spacial score (nSPS) is 15.3. The first-order chi connectivity index (χ1) is 21.1. The van der Waals surface area contributed by atoms with Crippen LogP contribution in [0.4, 0.5) is 4.79 Å². The minimum atomic E-state index is -0.791. The average molecular weight is 622 g/mol. The number of alkyl carbamates (subject to hydrolysis) is 1. The number of amides is 2. The van der Waals surface area contributed by atoms with Crippen molar-refractivity contribution in [1.29, 1.82) is 0 Å². The number of nitrogens with one attached hydrogen (secondary N) is 3. The van der Waals surface area contributed by atoms with E-state index in [4.69, 9.17) is 18.9 Å². The number of aryl methyl sites for hydroxylation is 1. The van der Waals surface area contributed by atoms with Gasteiger partial charge in [0, 0.05) is 25.0 Å². The van der Waals surface area contributed by atoms with Gasteiger partial charge in [-0.25, -0.2) is 9.59 Å². The minimum Gasteiger partial charge on any atom is -0.462 e. The molecule has 2 heterocycles. The van der Waals surface area contributed by atoms with E-state index in [1.165, 1.54) is 30.5 Å². The Hall–Kier alpha value is -2.64. The molecule has 44 heavy (non-hydrogen) atoms. The molecule has 0 bridgehead atoms. The van der Waals surface area contributed by atoms with Gasteiger partial charge in [0.05, 0.1) is 19.6 Å². The van der Waals surface area contributed by atoms with Gasteiger partial charge in [0.25, 0.3) is 0 Å². The minimum absolute atomic E-state index is 0.00587. The van der Waals surface area contributed by atoms with Gasteiger partial charge in [-0.05, 0) is 117 Å². The van der Waals surface area contributed by atoms with E-state index < -0.39 is 23.6 Å². The number of unbranched alkanes of at least 4 members (excludes halogenated alkanes) is 1. The van der Waals surface area contributed by atoms with Crippen molar-refractivity contribution in [3.05, 3.63) is 29.6 Å². The smallest absolute Gasteiger partial charge is 0.414 e. The molecule has 1 aliphatic rings. The Balaban J connectivity index is 1.31. The Labute approximate surface area is 263 Å². The van der Waals surface area contributed by atoms with Crippen LogP contribution in [-0.2, 0) is 35.0 Å². The molecule has 0 aromatic carbocycles. The molecule has 0 radical (unpaired) electrons. The predicted octanol–water partition coefficient (Wildman–Crippen LogP) is 3.15. The zero-order valence-corrected chi connectivity index (χ0v) is 27.3. The maximum absolute atomic E-state index is 11.7. The number of likely N-dealkylation sites (tertiary alicyclic amines) is 1. The van der Waals surface area contributed by atoms with Crippen LogP contribution in [0.1, 0.15) is 82.9 Å². The molecule has 3 N–H and O–H groups in total. The van der Waals surface area contributed by atoms with Crippen molar-refractivity contribution in [2.45, 2.75) is 83.8 Å². The molecule has 1 aliphatic heterocycles. The molecule has 250 valence electrons. The number of nitrogens with zero attached hydrogens (tertiary/aromatic N) is 2. The van der Waals surface area contributed by atoms with Gasteiger partial charge in [-0.15, -0.1) is 0 Å². The Morgan fingerprint density at radius 3 is 2.36 bits per heavy atom. The molecule has 1 saturated heterocycles. The molecule has 1 fully saturated rings. The maximum atomic E-state index is 11.7. The highest BCUT2D eigenvalue weighted by Gasteiger charge is 2.23. The second-order valence-electron chi connectivity index (χ2n) is 12.1. The molecule has 1 aromatic heterocycles. The fraction of sp³-hybridized carbons (Fsp3) is 0.750. The lowest BCUT2D eigenvalue weighted by Gasteiger charge is -2.19. The number of rotatable bonds is 22. The summed E-state index contributed by atoms with van der Waals surface area (Å²) in [5.74, 6) is -0.959. The van der Waals surface area contributed by atoms with Crippen molar-refractivity contribution in [3.8, 4) is 0 Å². The Morgan fingerprint density at radius 2 is 1.66 bits per heavy atom. The van der Waals surface area contributed by atoms with Crippen LogP contribution in [0.3, 0.4) is 0 Å². The van der Waals surface area contributed by atoms with Gasteiger partial charge in [0.1, 0.15) is 18.8 Å². The molecule has 0 unspecified atom stereocenters. The highest BCUT2D eigenvalue weighted by Crippen LogP contribution is 2.30. The number of aromatic nitrogens is 1. The van der Waals surface area contributed by atoms with E-state index >= 15 is 0 Å². The molecule has 1 aromatic rings. The van der Waals surface area contributed by atoms with Crippen molar-refractivity contribution in [3.63, 3.8) is 0 Å². The summed E-state index contributed by atoms with van der Waals surface area (Å²) in [6.07, 6.45) is 11.0. The van der Waals surface area contributed by atoms with Crippen LogP contribution in [0.2, 0.25) is 0 Å². The summed E-state index contributed by atoms with van der Waals surface area (Å²) < 4.78 is 20.6. The summed E-state index contributed by atoms with van der Waals surface area (Å²) in [5, 5.41) is 9.07. The topological polar surface area (TPSA) is 140 Å². The zero-order chi connectivity index (χ0) is 32.0. The molecule has 0 saturated carbocycles. The van der Waals surface area contributed by atoms with E-state index in [1.807, 2.05) is 12.4 Å². The van der Waals surface area contributed by atoms with E-state index in [0.717, 1.165) is 58.3 Å². The van der Waals surface area contributed by atoms with Gasteiger partial charge < -0.3 is 29.6 Å². The molecule has 1 atom stereocenters. The lowest BCUT2D eigenvalue weighted by molar-refractivity contribution is -0.150.